The minimum atomic E-state index is 0.438. The Morgan fingerprint density at radius 3 is 2.77 bits per heavy atom. The molecule has 3 rings (SSSR count). The quantitative estimate of drug-likeness (QED) is 0.678. The van der Waals surface area contributed by atoms with Crippen LogP contribution in [0.3, 0.4) is 0 Å². The summed E-state index contributed by atoms with van der Waals surface area (Å²) in [5.41, 5.74) is 14.1. The Kier molecular flexibility index (Phi) is 4.11. The molecule has 116 valence electrons. The lowest BCUT2D eigenvalue weighted by molar-refractivity contribution is 0.110. The molecule has 0 saturated carbocycles. The van der Waals surface area contributed by atoms with E-state index in [-0.39, 0.29) is 0 Å². The smallest absolute Gasteiger partial charge is 0.152 e. The minimum absolute atomic E-state index is 0.438. The van der Waals surface area contributed by atoms with Gasteiger partial charge in [-0.15, -0.1) is 0 Å². The van der Waals surface area contributed by atoms with E-state index in [2.05, 4.69) is 9.97 Å². The number of anilines is 1. The van der Waals surface area contributed by atoms with Gasteiger partial charge in [0, 0.05) is 11.8 Å². The molecule has 4 N–H and O–H groups in total. The standard InChI is InChI=1S/C16H21N5O/c1-2-13-20-14-15(21(13)22-10-6-5-9-17)11-7-3-4-8-12(11)19-16(14)18/h3-4,7-8H,2,5-6,9-10,17H2,1H3,(H2,18,19). The van der Waals surface area contributed by atoms with E-state index in [9.17, 15) is 0 Å². The van der Waals surface area contributed by atoms with Crippen molar-refractivity contribution >= 4 is 27.8 Å². The zero-order valence-corrected chi connectivity index (χ0v) is 12.7. The maximum absolute atomic E-state index is 6.08. The summed E-state index contributed by atoms with van der Waals surface area (Å²) in [7, 11) is 0. The Morgan fingerprint density at radius 2 is 2.00 bits per heavy atom. The summed E-state index contributed by atoms with van der Waals surface area (Å²) < 4.78 is 1.81. The molecule has 6 nitrogen and oxygen atoms in total. The first-order valence-electron chi connectivity index (χ1n) is 7.65. The van der Waals surface area contributed by atoms with Crippen LogP contribution in [0.4, 0.5) is 5.82 Å². The molecule has 0 aliphatic carbocycles. The van der Waals surface area contributed by atoms with Crippen LogP contribution in [0.1, 0.15) is 25.6 Å². The molecule has 0 fully saturated rings. The van der Waals surface area contributed by atoms with Crippen molar-refractivity contribution < 1.29 is 4.84 Å². The number of aromatic nitrogens is 3. The van der Waals surface area contributed by atoms with Gasteiger partial charge in [0.2, 0.25) is 0 Å². The monoisotopic (exact) mass is 299 g/mol. The highest BCUT2D eigenvalue weighted by Gasteiger charge is 2.17. The lowest BCUT2D eigenvalue weighted by Gasteiger charge is -2.11. The van der Waals surface area contributed by atoms with Crippen molar-refractivity contribution in [2.75, 3.05) is 18.9 Å². The molecule has 6 heteroatoms. The van der Waals surface area contributed by atoms with Crippen LogP contribution >= 0.6 is 0 Å². The summed E-state index contributed by atoms with van der Waals surface area (Å²) in [4.78, 5) is 15.0. The molecule has 22 heavy (non-hydrogen) atoms. The van der Waals surface area contributed by atoms with Crippen LogP contribution < -0.4 is 16.3 Å². The molecule has 0 atom stereocenters. The van der Waals surface area contributed by atoms with Gasteiger partial charge < -0.3 is 16.3 Å². The van der Waals surface area contributed by atoms with Crippen LogP contribution in [0.2, 0.25) is 0 Å². The number of nitrogens with zero attached hydrogens (tertiary/aromatic N) is 3. The average molecular weight is 299 g/mol. The zero-order chi connectivity index (χ0) is 15.5. The van der Waals surface area contributed by atoms with Crippen LogP contribution in [0.15, 0.2) is 24.3 Å². The van der Waals surface area contributed by atoms with Crippen LogP contribution in [0, 0.1) is 0 Å². The summed E-state index contributed by atoms with van der Waals surface area (Å²) in [5, 5.41) is 0.998. The number of fused-ring (bicyclic) bond motifs is 3. The molecule has 0 bridgehead atoms. The van der Waals surface area contributed by atoms with Gasteiger partial charge in [0.05, 0.1) is 5.52 Å². The van der Waals surface area contributed by atoms with E-state index in [1.807, 2.05) is 35.9 Å². The van der Waals surface area contributed by atoms with Crippen molar-refractivity contribution in [3.8, 4) is 0 Å². The first-order chi connectivity index (χ1) is 10.8. The van der Waals surface area contributed by atoms with Crippen LogP contribution in [0.5, 0.6) is 0 Å². The average Bonchev–Trinajstić information content (AvgIpc) is 2.91. The second kappa shape index (κ2) is 6.19. The molecule has 1 aromatic carbocycles. The van der Waals surface area contributed by atoms with E-state index in [0.717, 1.165) is 41.5 Å². The molecule has 2 heterocycles. The second-order valence-corrected chi connectivity index (χ2v) is 5.22. The molecule has 0 saturated heterocycles. The normalized spacial score (nSPS) is 11.4. The predicted octanol–water partition coefficient (Wildman–Crippen LogP) is 1.90. The number of hydrogen-bond donors (Lipinski definition) is 2. The number of nitrogens with two attached hydrogens (primary N) is 2. The van der Waals surface area contributed by atoms with Gasteiger partial charge in [-0.25, -0.2) is 9.97 Å². The van der Waals surface area contributed by atoms with Crippen molar-refractivity contribution in [3.05, 3.63) is 30.1 Å². The molecule has 0 radical (unpaired) electrons. The molecule has 0 amide bonds. The van der Waals surface area contributed by atoms with E-state index in [1.54, 1.807) is 0 Å². The number of nitrogen functional groups attached to an aromatic ring is 1. The summed E-state index contributed by atoms with van der Waals surface area (Å²) in [6.07, 6.45) is 2.62. The molecule has 0 spiro atoms. The van der Waals surface area contributed by atoms with Gasteiger partial charge in [-0.1, -0.05) is 25.1 Å². The highest BCUT2D eigenvalue weighted by Crippen LogP contribution is 2.28. The van der Waals surface area contributed by atoms with Gasteiger partial charge in [0.15, 0.2) is 5.82 Å². The largest absolute Gasteiger partial charge is 0.412 e. The van der Waals surface area contributed by atoms with Gasteiger partial charge in [-0.3, -0.25) is 0 Å². The topological polar surface area (TPSA) is 92.0 Å². The lowest BCUT2D eigenvalue weighted by Crippen LogP contribution is -2.16. The highest BCUT2D eigenvalue weighted by molar-refractivity contribution is 6.06. The van der Waals surface area contributed by atoms with E-state index >= 15 is 0 Å². The van der Waals surface area contributed by atoms with Crippen molar-refractivity contribution in [1.82, 2.24) is 14.7 Å². The first kappa shape index (κ1) is 14.6. The van der Waals surface area contributed by atoms with Crippen LogP contribution in [-0.2, 0) is 6.42 Å². The molecule has 0 unspecified atom stereocenters. The summed E-state index contributed by atoms with van der Waals surface area (Å²) >= 11 is 0. The third-order valence-electron chi connectivity index (χ3n) is 3.68. The van der Waals surface area contributed by atoms with Crippen molar-refractivity contribution in [1.29, 1.82) is 0 Å². The third-order valence-corrected chi connectivity index (χ3v) is 3.68. The molecule has 0 aliphatic rings. The van der Waals surface area contributed by atoms with Gasteiger partial charge in [0.1, 0.15) is 23.5 Å². The molecular weight excluding hydrogens is 278 g/mol. The van der Waals surface area contributed by atoms with Crippen molar-refractivity contribution in [2.24, 2.45) is 5.73 Å². The first-order valence-corrected chi connectivity index (χ1v) is 7.65. The lowest BCUT2D eigenvalue weighted by atomic mass is 10.2. The molecule has 2 aromatic heterocycles. The SMILES string of the molecule is CCc1nc2c(N)nc3ccccc3c2n1OCCCCN. The predicted molar refractivity (Wildman–Crippen MR) is 88.6 cm³/mol. The maximum atomic E-state index is 6.08. The fourth-order valence-electron chi connectivity index (χ4n) is 2.59. The number of unbranched alkanes of at least 4 members (excludes halogenated alkanes) is 1. The third kappa shape index (κ3) is 2.46. The minimum Gasteiger partial charge on any atom is -0.412 e. The van der Waals surface area contributed by atoms with E-state index < -0.39 is 0 Å². The number of para-hydroxylation sites is 1. The van der Waals surface area contributed by atoms with Crippen LogP contribution in [-0.4, -0.2) is 27.9 Å². The number of hydrogen-bond acceptors (Lipinski definition) is 5. The van der Waals surface area contributed by atoms with Gasteiger partial charge >= 0.3 is 0 Å². The van der Waals surface area contributed by atoms with Gasteiger partial charge in [-0.05, 0) is 25.5 Å². The Morgan fingerprint density at radius 1 is 1.18 bits per heavy atom. The summed E-state index contributed by atoms with van der Waals surface area (Å²) in [6, 6.07) is 7.90. The van der Waals surface area contributed by atoms with E-state index in [4.69, 9.17) is 16.3 Å². The number of benzene rings is 1. The van der Waals surface area contributed by atoms with Gasteiger partial charge in [-0.2, -0.15) is 4.73 Å². The second-order valence-electron chi connectivity index (χ2n) is 5.22. The Labute approximate surface area is 129 Å². The summed E-state index contributed by atoms with van der Waals surface area (Å²) in [6.45, 7) is 3.33. The van der Waals surface area contributed by atoms with Gasteiger partial charge in [0.25, 0.3) is 0 Å². The zero-order valence-electron chi connectivity index (χ0n) is 12.7. The maximum Gasteiger partial charge on any atom is 0.152 e. The number of pyridine rings is 1. The molecule has 0 aliphatic heterocycles. The van der Waals surface area contributed by atoms with Crippen LogP contribution in [0.25, 0.3) is 21.9 Å². The Balaban J connectivity index is 2.15. The summed E-state index contributed by atoms with van der Waals surface area (Å²) in [5.74, 6) is 1.29. The number of aryl methyl sites for hydroxylation is 1. The fourth-order valence-corrected chi connectivity index (χ4v) is 2.59. The molecule has 3 aromatic rings. The van der Waals surface area contributed by atoms with Crippen molar-refractivity contribution in [2.45, 2.75) is 26.2 Å². The highest BCUT2D eigenvalue weighted by atomic mass is 16.7. The molecular formula is C16H21N5O. The van der Waals surface area contributed by atoms with E-state index in [0.29, 0.717) is 24.5 Å². The van der Waals surface area contributed by atoms with E-state index in [1.165, 1.54) is 0 Å². The fraction of sp³-hybridized carbons (Fsp3) is 0.375. The van der Waals surface area contributed by atoms with Crippen molar-refractivity contribution in [3.63, 3.8) is 0 Å². The Hall–Kier alpha value is -2.34. The Bertz CT molecular complexity index is 796. The number of rotatable bonds is 6. The number of imidazole rings is 1.